The number of pyridine rings is 1. The third kappa shape index (κ3) is 2.09. The van der Waals surface area contributed by atoms with Crippen LogP contribution >= 0.6 is 0 Å². The molecular weight excluding hydrogens is 254 g/mol. The third-order valence-corrected chi connectivity index (χ3v) is 3.15. The van der Waals surface area contributed by atoms with E-state index in [0.29, 0.717) is 0 Å². The normalized spacial score (nSPS) is 10.7. The number of hydrogen-bond acceptors (Lipinski definition) is 3. The van der Waals surface area contributed by atoms with Gasteiger partial charge in [0.05, 0.1) is 11.3 Å². The van der Waals surface area contributed by atoms with Crippen LogP contribution in [0.3, 0.4) is 0 Å². The number of aromatic nitrogens is 2. The van der Waals surface area contributed by atoms with E-state index in [-0.39, 0.29) is 5.56 Å². The first-order valence-corrected chi connectivity index (χ1v) is 6.17. The number of aromatic carboxylic acids is 1. The molecule has 0 bridgehead atoms. The molecule has 0 aliphatic rings. The lowest BCUT2D eigenvalue weighted by molar-refractivity contribution is 0.0697. The van der Waals surface area contributed by atoms with Crippen LogP contribution in [0, 0.1) is 0 Å². The lowest BCUT2D eigenvalue weighted by atomic mass is 10.1. The van der Waals surface area contributed by atoms with Crippen molar-refractivity contribution in [2.75, 3.05) is 12.4 Å². The molecule has 3 rings (SSSR count). The zero-order valence-corrected chi connectivity index (χ0v) is 10.9. The molecule has 3 aromatic rings. The molecular formula is C15H13N3O2. The molecule has 0 fully saturated rings. The number of benzene rings is 1. The zero-order chi connectivity index (χ0) is 14.1. The Morgan fingerprint density at radius 2 is 2.15 bits per heavy atom. The molecule has 0 atom stereocenters. The Hall–Kier alpha value is -2.82. The van der Waals surface area contributed by atoms with Crippen molar-refractivity contribution in [2.24, 2.45) is 0 Å². The van der Waals surface area contributed by atoms with Crippen LogP contribution in [0.1, 0.15) is 10.4 Å². The van der Waals surface area contributed by atoms with Gasteiger partial charge in [-0.3, -0.25) is 0 Å². The number of anilines is 1. The van der Waals surface area contributed by atoms with Gasteiger partial charge in [0.15, 0.2) is 0 Å². The minimum atomic E-state index is -0.937. The van der Waals surface area contributed by atoms with E-state index in [1.807, 2.05) is 42.0 Å². The maximum absolute atomic E-state index is 11.0. The van der Waals surface area contributed by atoms with Gasteiger partial charge in [-0.25, -0.2) is 9.78 Å². The Kier molecular flexibility index (Phi) is 2.87. The number of nitrogens with zero attached hydrogens (tertiary/aromatic N) is 2. The average Bonchev–Trinajstić information content (AvgIpc) is 2.90. The number of carboxylic acid groups (broad SMARTS) is 1. The van der Waals surface area contributed by atoms with Crippen molar-refractivity contribution < 1.29 is 9.90 Å². The Labute approximate surface area is 115 Å². The summed E-state index contributed by atoms with van der Waals surface area (Å²) >= 11 is 0. The van der Waals surface area contributed by atoms with Gasteiger partial charge in [0.2, 0.25) is 0 Å². The second-order valence-electron chi connectivity index (χ2n) is 4.44. The molecule has 0 radical (unpaired) electrons. The molecule has 5 heteroatoms. The highest BCUT2D eigenvalue weighted by Crippen LogP contribution is 2.21. The predicted octanol–water partition coefficient (Wildman–Crippen LogP) is 2.74. The lowest BCUT2D eigenvalue weighted by Crippen LogP contribution is -1.95. The Morgan fingerprint density at radius 3 is 2.90 bits per heavy atom. The first kappa shape index (κ1) is 12.2. The summed E-state index contributed by atoms with van der Waals surface area (Å²) in [6, 6.07) is 10.7. The molecule has 2 N–H and O–H groups in total. The topological polar surface area (TPSA) is 66.6 Å². The van der Waals surface area contributed by atoms with Crippen molar-refractivity contribution in [3.05, 3.63) is 54.4 Å². The first-order chi connectivity index (χ1) is 9.67. The fraction of sp³-hybridized carbons (Fsp3) is 0.0667. The van der Waals surface area contributed by atoms with E-state index in [4.69, 9.17) is 5.11 Å². The number of imidazole rings is 1. The highest BCUT2D eigenvalue weighted by atomic mass is 16.4. The highest BCUT2D eigenvalue weighted by Gasteiger charge is 2.08. The van der Waals surface area contributed by atoms with Crippen LogP contribution in [0.15, 0.2) is 48.8 Å². The van der Waals surface area contributed by atoms with Gasteiger partial charge in [-0.1, -0.05) is 12.1 Å². The van der Waals surface area contributed by atoms with Crippen LogP contribution in [-0.2, 0) is 0 Å². The van der Waals surface area contributed by atoms with Crippen molar-refractivity contribution in [2.45, 2.75) is 0 Å². The first-order valence-electron chi connectivity index (χ1n) is 6.17. The molecule has 0 unspecified atom stereocenters. The summed E-state index contributed by atoms with van der Waals surface area (Å²) < 4.78 is 1.91. The summed E-state index contributed by atoms with van der Waals surface area (Å²) in [5.74, 6) is -0.937. The number of fused-ring (bicyclic) bond motifs is 1. The van der Waals surface area contributed by atoms with E-state index in [0.717, 1.165) is 22.6 Å². The summed E-state index contributed by atoms with van der Waals surface area (Å²) in [5.41, 5.74) is 3.60. The van der Waals surface area contributed by atoms with E-state index in [2.05, 4.69) is 10.3 Å². The van der Waals surface area contributed by atoms with Gasteiger partial charge in [-0.05, 0) is 18.2 Å². The average molecular weight is 267 g/mol. The van der Waals surface area contributed by atoms with Crippen molar-refractivity contribution in [1.82, 2.24) is 9.38 Å². The summed E-state index contributed by atoms with van der Waals surface area (Å²) in [5, 5.41) is 12.1. The number of rotatable bonds is 3. The molecule has 0 aliphatic carbocycles. The standard InChI is InChI=1S/C15H13N3O2/c1-16-12-5-6-18-9-13(17-14(18)8-12)10-3-2-4-11(7-10)15(19)20/h2-9,16H,1H3,(H,19,20). The molecule has 100 valence electrons. The van der Waals surface area contributed by atoms with Crippen LogP contribution in [0.2, 0.25) is 0 Å². The maximum atomic E-state index is 11.0. The fourth-order valence-corrected chi connectivity index (χ4v) is 2.09. The zero-order valence-electron chi connectivity index (χ0n) is 10.9. The Bertz CT molecular complexity index is 793. The second-order valence-corrected chi connectivity index (χ2v) is 4.44. The SMILES string of the molecule is CNc1ccn2cc(-c3cccc(C(=O)O)c3)nc2c1. The Balaban J connectivity index is 2.10. The van der Waals surface area contributed by atoms with E-state index >= 15 is 0 Å². The molecule has 0 amide bonds. The molecule has 0 saturated carbocycles. The van der Waals surface area contributed by atoms with Gasteiger partial charge >= 0.3 is 5.97 Å². The van der Waals surface area contributed by atoms with E-state index in [1.54, 1.807) is 18.2 Å². The number of carbonyl (C=O) groups is 1. The minimum Gasteiger partial charge on any atom is -0.478 e. The minimum absolute atomic E-state index is 0.260. The number of hydrogen-bond donors (Lipinski definition) is 2. The highest BCUT2D eigenvalue weighted by molar-refractivity contribution is 5.89. The van der Waals surface area contributed by atoms with Gasteiger partial charge in [0, 0.05) is 36.8 Å². The molecule has 5 nitrogen and oxygen atoms in total. The molecule has 0 saturated heterocycles. The third-order valence-electron chi connectivity index (χ3n) is 3.15. The van der Waals surface area contributed by atoms with E-state index in [9.17, 15) is 4.79 Å². The summed E-state index contributed by atoms with van der Waals surface area (Å²) in [4.78, 5) is 15.5. The summed E-state index contributed by atoms with van der Waals surface area (Å²) in [6.45, 7) is 0. The van der Waals surface area contributed by atoms with Gasteiger partial charge in [-0.2, -0.15) is 0 Å². The molecule has 0 spiro atoms. The van der Waals surface area contributed by atoms with Crippen LogP contribution in [0.5, 0.6) is 0 Å². The van der Waals surface area contributed by atoms with Crippen molar-refractivity contribution in [3.63, 3.8) is 0 Å². The van der Waals surface area contributed by atoms with Crippen molar-refractivity contribution in [1.29, 1.82) is 0 Å². The number of nitrogens with one attached hydrogen (secondary N) is 1. The van der Waals surface area contributed by atoms with E-state index < -0.39 is 5.97 Å². The Morgan fingerprint density at radius 1 is 1.30 bits per heavy atom. The summed E-state index contributed by atoms with van der Waals surface area (Å²) in [6.07, 6.45) is 3.80. The quantitative estimate of drug-likeness (QED) is 0.765. The smallest absolute Gasteiger partial charge is 0.335 e. The molecule has 2 aromatic heterocycles. The lowest BCUT2D eigenvalue weighted by Gasteiger charge is -1.98. The van der Waals surface area contributed by atoms with E-state index in [1.165, 1.54) is 0 Å². The van der Waals surface area contributed by atoms with Gasteiger partial charge in [0.1, 0.15) is 5.65 Å². The maximum Gasteiger partial charge on any atom is 0.335 e. The van der Waals surface area contributed by atoms with Gasteiger partial charge in [-0.15, -0.1) is 0 Å². The van der Waals surface area contributed by atoms with Crippen LogP contribution in [0.4, 0.5) is 5.69 Å². The summed E-state index contributed by atoms with van der Waals surface area (Å²) in [7, 11) is 1.85. The van der Waals surface area contributed by atoms with Crippen LogP contribution < -0.4 is 5.32 Å². The molecule has 2 heterocycles. The molecule has 20 heavy (non-hydrogen) atoms. The molecule has 0 aliphatic heterocycles. The van der Waals surface area contributed by atoms with Gasteiger partial charge < -0.3 is 14.8 Å². The largest absolute Gasteiger partial charge is 0.478 e. The molecule has 1 aromatic carbocycles. The fourth-order valence-electron chi connectivity index (χ4n) is 2.09. The predicted molar refractivity (Wildman–Crippen MR) is 77.1 cm³/mol. The second kappa shape index (κ2) is 4.70. The van der Waals surface area contributed by atoms with Crippen molar-refractivity contribution >= 4 is 17.3 Å². The number of carboxylic acids is 1. The van der Waals surface area contributed by atoms with Crippen LogP contribution in [-0.4, -0.2) is 27.5 Å². The van der Waals surface area contributed by atoms with Crippen molar-refractivity contribution in [3.8, 4) is 11.3 Å². The van der Waals surface area contributed by atoms with Gasteiger partial charge in [0.25, 0.3) is 0 Å². The monoisotopic (exact) mass is 267 g/mol. The van der Waals surface area contributed by atoms with Crippen LogP contribution in [0.25, 0.3) is 16.9 Å².